The van der Waals surface area contributed by atoms with Gasteiger partial charge in [0.25, 0.3) is 5.91 Å². The number of aliphatic carboxylic acids is 1. The Morgan fingerprint density at radius 1 is 1.15 bits per heavy atom. The number of nitrogens with one attached hydrogen (secondary N) is 2. The van der Waals surface area contributed by atoms with Crippen molar-refractivity contribution < 1.29 is 19.1 Å². The molecule has 0 saturated carbocycles. The Kier molecular flexibility index (Phi) is 7.71. The highest BCUT2D eigenvalue weighted by atomic mass is 19.1. The topological polar surface area (TPSA) is 115 Å². The largest absolute Gasteiger partial charge is 0.481 e. The molecule has 1 atom stereocenters. The molecule has 3 rings (SSSR count). The number of halogens is 1. The molecule has 0 radical (unpaired) electrons. The van der Waals surface area contributed by atoms with Crippen LogP contribution in [0.15, 0.2) is 60.7 Å². The Balaban J connectivity index is 1.86. The van der Waals surface area contributed by atoms with E-state index in [4.69, 9.17) is 5.11 Å². The van der Waals surface area contributed by atoms with Gasteiger partial charge in [0, 0.05) is 18.7 Å². The summed E-state index contributed by atoms with van der Waals surface area (Å²) in [6.07, 6.45) is 0.496. The van der Waals surface area contributed by atoms with E-state index in [0.29, 0.717) is 29.8 Å². The van der Waals surface area contributed by atoms with E-state index in [0.717, 1.165) is 5.56 Å². The maximum absolute atomic E-state index is 13.5. The van der Waals surface area contributed by atoms with Crippen LogP contribution in [0.2, 0.25) is 0 Å². The highest BCUT2D eigenvalue weighted by Gasteiger charge is 2.18. The van der Waals surface area contributed by atoms with Gasteiger partial charge in [0.15, 0.2) is 0 Å². The van der Waals surface area contributed by atoms with E-state index in [9.17, 15) is 19.2 Å². The highest BCUT2D eigenvalue weighted by Crippen LogP contribution is 2.25. The van der Waals surface area contributed by atoms with E-state index in [2.05, 4.69) is 21.7 Å². The quantitative estimate of drug-likeness (QED) is 0.460. The number of nitriles is 1. The number of carboxylic acids is 1. The van der Waals surface area contributed by atoms with Gasteiger partial charge in [0.05, 0.1) is 28.8 Å². The summed E-state index contributed by atoms with van der Waals surface area (Å²) < 4.78 is 13.5. The lowest BCUT2D eigenvalue weighted by Gasteiger charge is -2.14. The SMILES string of the molecule is C[C@H](CNC(=O)c1ccc(-c2ccccc2C#N)nc1NCCc1cccc(F)c1)C(=O)O. The molecule has 3 N–H and O–H groups in total. The highest BCUT2D eigenvalue weighted by molar-refractivity contribution is 5.99. The van der Waals surface area contributed by atoms with Gasteiger partial charge in [-0.3, -0.25) is 9.59 Å². The summed E-state index contributed by atoms with van der Waals surface area (Å²) >= 11 is 0. The maximum atomic E-state index is 13.5. The lowest BCUT2D eigenvalue weighted by Crippen LogP contribution is -2.32. The fourth-order valence-electron chi connectivity index (χ4n) is 3.18. The van der Waals surface area contributed by atoms with Gasteiger partial charge in [-0.05, 0) is 42.3 Å². The molecule has 0 aliphatic rings. The van der Waals surface area contributed by atoms with Crippen molar-refractivity contribution in [2.75, 3.05) is 18.4 Å². The first-order chi connectivity index (χ1) is 15.9. The van der Waals surface area contributed by atoms with Crippen LogP contribution in [0.3, 0.4) is 0 Å². The first kappa shape index (κ1) is 23.4. The molecule has 0 saturated heterocycles. The molecule has 2 aromatic carbocycles. The number of aromatic nitrogens is 1. The molecule has 0 spiro atoms. The van der Waals surface area contributed by atoms with Crippen molar-refractivity contribution in [3.05, 3.63) is 83.2 Å². The Hall–Kier alpha value is -4.25. The number of nitrogens with zero attached hydrogens (tertiary/aromatic N) is 2. The van der Waals surface area contributed by atoms with Crippen LogP contribution in [0.25, 0.3) is 11.3 Å². The first-order valence-electron chi connectivity index (χ1n) is 10.4. The second-order valence-electron chi connectivity index (χ2n) is 7.51. The summed E-state index contributed by atoms with van der Waals surface area (Å²) in [5.74, 6) is -2.26. The standard InChI is InChI=1S/C25H23FN4O3/c1-16(25(32)33)15-29-24(31)21-9-10-22(20-8-3-2-6-18(20)14-27)30-23(21)28-12-11-17-5-4-7-19(26)13-17/h2-10,13,16H,11-12,15H2,1H3,(H,28,30)(H,29,31)(H,32,33)/t16-/m1/s1. The average molecular weight is 446 g/mol. The molecule has 1 heterocycles. The number of hydrogen-bond acceptors (Lipinski definition) is 5. The zero-order chi connectivity index (χ0) is 23.8. The van der Waals surface area contributed by atoms with Crippen LogP contribution < -0.4 is 10.6 Å². The number of hydrogen-bond donors (Lipinski definition) is 3. The summed E-state index contributed by atoms with van der Waals surface area (Å²) in [5.41, 5.74) is 2.61. The zero-order valence-electron chi connectivity index (χ0n) is 18.0. The van der Waals surface area contributed by atoms with Crippen LogP contribution in [0, 0.1) is 23.1 Å². The van der Waals surface area contributed by atoms with Gasteiger partial charge >= 0.3 is 5.97 Å². The fraction of sp³-hybridized carbons (Fsp3) is 0.200. The lowest BCUT2D eigenvalue weighted by molar-refractivity contribution is -0.140. The molecule has 0 unspecified atom stereocenters. The van der Waals surface area contributed by atoms with Crippen LogP contribution in [0.5, 0.6) is 0 Å². The lowest BCUT2D eigenvalue weighted by atomic mass is 10.0. The van der Waals surface area contributed by atoms with Gasteiger partial charge < -0.3 is 15.7 Å². The Labute approximate surface area is 190 Å². The van der Waals surface area contributed by atoms with E-state index in [1.54, 1.807) is 48.5 Å². The molecule has 1 amide bonds. The third kappa shape index (κ3) is 6.14. The van der Waals surface area contributed by atoms with Crippen molar-refractivity contribution in [2.24, 2.45) is 5.92 Å². The van der Waals surface area contributed by atoms with Gasteiger partial charge in [-0.1, -0.05) is 37.3 Å². The van der Waals surface area contributed by atoms with E-state index in [-0.39, 0.29) is 23.7 Å². The third-order valence-electron chi connectivity index (χ3n) is 5.05. The van der Waals surface area contributed by atoms with E-state index in [1.165, 1.54) is 19.1 Å². The van der Waals surface area contributed by atoms with Crippen molar-refractivity contribution in [3.8, 4) is 17.3 Å². The normalized spacial score (nSPS) is 11.3. The van der Waals surface area contributed by atoms with Gasteiger partial charge in [-0.2, -0.15) is 5.26 Å². The minimum absolute atomic E-state index is 0.0318. The number of carbonyl (C=O) groups is 2. The number of carbonyl (C=O) groups excluding carboxylic acids is 1. The molecule has 8 heteroatoms. The van der Waals surface area contributed by atoms with Crippen LogP contribution in [0.4, 0.5) is 10.2 Å². The number of amides is 1. The number of rotatable bonds is 9. The minimum Gasteiger partial charge on any atom is -0.481 e. The van der Waals surface area contributed by atoms with Crippen molar-refractivity contribution in [2.45, 2.75) is 13.3 Å². The van der Waals surface area contributed by atoms with Crippen LogP contribution in [0.1, 0.15) is 28.4 Å². The van der Waals surface area contributed by atoms with Gasteiger partial charge in [0.2, 0.25) is 0 Å². The Morgan fingerprint density at radius 3 is 2.67 bits per heavy atom. The molecule has 3 aromatic rings. The Morgan fingerprint density at radius 2 is 1.94 bits per heavy atom. The third-order valence-corrected chi connectivity index (χ3v) is 5.05. The molecule has 33 heavy (non-hydrogen) atoms. The molecule has 0 aliphatic heterocycles. The second kappa shape index (κ2) is 10.9. The number of pyridine rings is 1. The minimum atomic E-state index is -1.01. The number of benzene rings is 2. The molecule has 1 aromatic heterocycles. The summed E-state index contributed by atoms with van der Waals surface area (Å²) in [6, 6.07) is 18.6. The number of anilines is 1. The number of carboxylic acid groups (broad SMARTS) is 1. The summed E-state index contributed by atoms with van der Waals surface area (Å²) in [7, 11) is 0. The second-order valence-corrected chi connectivity index (χ2v) is 7.51. The van der Waals surface area contributed by atoms with Crippen LogP contribution >= 0.6 is 0 Å². The van der Waals surface area contributed by atoms with Crippen LogP contribution in [-0.2, 0) is 11.2 Å². The predicted molar refractivity (Wildman–Crippen MR) is 122 cm³/mol. The molecule has 0 bridgehead atoms. The Bertz CT molecular complexity index is 1210. The molecule has 7 nitrogen and oxygen atoms in total. The van der Waals surface area contributed by atoms with Crippen LogP contribution in [-0.4, -0.2) is 35.1 Å². The molecule has 168 valence electrons. The summed E-state index contributed by atoms with van der Waals surface area (Å²) in [5, 5.41) is 24.2. The smallest absolute Gasteiger partial charge is 0.308 e. The van der Waals surface area contributed by atoms with E-state index >= 15 is 0 Å². The van der Waals surface area contributed by atoms with Crippen molar-refractivity contribution in [1.82, 2.24) is 10.3 Å². The van der Waals surface area contributed by atoms with Crippen molar-refractivity contribution >= 4 is 17.7 Å². The van der Waals surface area contributed by atoms with E-state index in [1.807, 2.05) is 0 Å². The van der Waals surface area contributed by atoms with Gasteiger partial charge in [-0.15, -0.1) is 0 Å². The average Bonchev–Trinajstić information content (AvgIpc) is 2.82. The zero-order valence-corrected chi connectivity index (χ0v) is 18.0. The molecule has 0 aliphatic carbocycles. The first-order valence-corrected chi connectivity index (χ1v) is 10.4. The molecular formula is C25H23FN4O3. The maximum Gasteiger partial charge on any atom is 0.308 e. The molecular weight excluding hydrogens is 423 g/mol. The monoisotopic (exact) mass is 446 g/mol. The van der Waals surface area contributed by atoms with Crippen molar-refractivity contribution in [3.63, 3.8) is 0 Å². The fourth-order valence-corrected chi connectivity index (χ4v) is 3.18. The van der Waals surface area contributed by atoms with E-state index < -0.39 is 17.8 Å². The van der Waals surface area contributed by atoms with Crippen molar-refractivity contribution in [1.29, 1.82) is 5.26 Å². The van der Waals surface area contributed by atoms with Gasteiger partial charge in [0.1, 0.15) is 11.6 Å². The predicted octanol–water partition coefficient (Wildman–Crippen LogP) is 3.86. The summed E-state index contributed by atoms with van der Waals surface area (Å²) in [4.78, 5) is 28.4. The summed E-state index contributed by atoms with van der Waals surface area (Å²) in [6.45, 7) is 1.85. The molecule has 0 fully saturated rings. The van der Waals surface area contributed by atoms with Gasteiger partial charge in [-0.25, -0.2) is 9.37 Å².